The second-order valence-corrected chi connectivity index (χ2v) is 4.51. The first-order valence-corrected chi connectivity index (χ1v) is 5.30. The van der Waals surface area contributed by atoms with Gasteiger partial charge in [0.1, 0.15) is 0 Å². The van der Waals surface area contributed by atoms with Crippen molar-refractivity contribution in [2.24, 2.45) is 0 Å². The summed E-state index contributed by atoms with van der Waals surface area (Å²) in [6.07, 6.45) is 2.08. The minimum absolute atomic E-state index is 0.261. The molecule has 0 amide bonds. The molecule has 1 aromatic rings. The Morgan fingerprint density at radius 3 is 2.67 bits per heavy atom. The molecule has 0 aliphatic carbocycles. The average molecular weight is 248 g/mol. The Bertz CT molecular complexity index is 245. The maximum Gasteiger partial charge on any atom is 0.0311 e. The van der Waals surface area contributed by atoms with Crippen LogP contribution in [0.4, 0.5) is 0 Å². The van der Waals surface area contributed by atoms with Gasteiger partial charge in [-0.25, -0.2) is 0 Å². The van der Waals surface area contributed by atoms with Crippen LogP contribution in [-0.4, -0.2) is 5.38 Å². The molecular formula is C10H12BrCl. The SMILES string of the molecule is CC(Cl)CCc1ccccc1Br. The summed E-state index contributed by atoms with van der Waals surface area (Å²) in [7, 11) is 0. The molecule has 0 aromatic heterocycles. The fourth-order valence-corrected chi connectivity index (χ4v) is 1.65. The highest BCUT2D eigenvalue weighted by atomic mass is 79.9. The normalized spacial score (nSPS) is 12.9. The van der Waals surface area contributed by atoms with Crippen LogP contribution in [-0.2, 0) is 6.42 Å². The second kappa shape index (κ2) is 4.88. The molecule has 12 heavy (non-hydrogen) atoms. The van der Waals surface area contributed by atoms with Crippen LogP contribution in [0.5, 0.6) is 0 Å². The van der Waals surface area contributed by atoms with Crippen molar-refractivity contribution in [2.45, 2.75) is 25.1 Å². The summed E-state index contributed by atoms with van der Waals surface area (Å²) in [5.74, 6) is 0. The Balaban J connectivity index is 2.57. The lowest BCUT2D eigenvalue weighted by atomic mass is 10.1. The summed E-state index contributed by atoms with van der Waals surface area (Å²) < 4.78 is 1.18. The van der Waals surface area contributed by atoms with Crippen LogP contribution in [0.15, 0.2) is 28.7 Å². The lowest BCUT2D eigenvalue weighted by Gasteiger charge is -2.04. The molecule has 0 saturated carbocycles. The number of hydrogen-bond acceptors (Lipinski definition) is 0. The van der Waals surface area contributed by atoms with Gasteiger partial charge in [0.2, 0.25) is 0 Å². The van der Waals surface area contributed by atoms with Crippen LogP contribution in [0.3, 0.4) is 0 Å². The van der Waals surface area contributed by atoms with Crippen LogP contribution >= 0.6 is 27.5 Å². The summed E-state index contributed by atoms with van der Waals surface area (Å²) >= 11 is 9.37. The van der Waals surface area contributed by atoms with Gasteiger partial charge in [-0.1, -0.05) is 34.1 Å². The molecule has 0 bridgehead atoms. The third-order valence-corrected chi connectivity index (χ3v) is 2.76. The Morgan fingerprint density at radius 1 is 1.42 bits per heavy atom. The van der Waals surface area contributed by atoms with Crippen LogP contribution in [0, 0.1) is 0 Å². The molecule has 0 spiro atoms. The number of aryl methyl sites for hydroxylation is 1. The van der Waals surface area contributed by atoms with Crippen molar-refractivity contribution in [3.05, 3.63) is 34.3 Å². The van der Waals surface area contributed by atoms with E-state index in [0.29, 0.717) is 0 Å². The smallest absolute Gasteiger partial charge is 0.0311 e. The highest BCUT2D eigenvalue weighted by molar-refractivity contribution is 9.10. The van der Waals surface area contributed by atoms with Crippen LogP contribution < -0.4 is 0 Å². The molecule has 66 valence electrons. The molecule has 1 aromatic carbocycles. The Kier molecular flexibility index (Phi) is 4.10. The quantitative estimate of drug-likeness (QED) is 0.708. The second-order valence-electron chi connectivity index (χ2n) is 2.91. The molecule has 0 aliphatic rings. The zero-order valence-corrected chi connectivity index (χ0v) is 9.40. The summed E-state index contributed by atoms with van der Waals surface area (Å²) in [6, 6.07) is 8.27. The highest BCUT2D eigenvalue weighted by Crippen LogP contribution is 2.18. The van der Waals surface area contributed by atoms with Gasteiger partial charge in [0.15, 0.2) is 0 Å². The summed E-state index contributed by atoms with van der Waals surface area (Å²) in [5, 5.41) is 0.261. The minimum atomic E-state index is 0.261. The number of hydrogen-bond donors (Lipinski definition) is 0. The van der Waals surface area contributed by atoms with Crippen LogP contribution in [0.2, 0.25) is 0 Å². The fourth-order valence-electron chi connectivity index (χ4n) is 1.06. The van der Waals surface area contributed by atoms with Gasteiger partial charge >= 0.3 is 0 Å². The highest BCUT2D eigenvalue weighted by Gasteiger charge is 2.00. The van der Waals surface area contributed by atoms with Crippen molar-refractivity contribution in [3.8, 4) is 0 Å². The van der Waals surface area contributed by atoms with Gasteiger partial charge < -0.3 is 0 Å². The summed E-state index contributed by atoms with van der Waals surface area (Å²) in [6.45, 7) is 2.03. The summed E-state index contributed by atoms with van der Waals surface area (Å²) in [5.41, 5.74) is 1.34. The molecular weight excluding hydrogens is 235 g/mol. The van der Waals surface area contributed by atoms with Gasteiger partial charge in [-0.15, -0.1) is 11.6 Å². The third kappa shape index (κ3) is 3.16. The molecule has 0 saturated heterocycles. The van der Waals surface area contributed by atoms with E-state index in [-0.39, 0.29) is 5.38 Å². The molecule has 1 rings (SSSR count). The number of alkyl halides is 1. The molecule has 1 atom stereocenters. The molecule has 0 fully saturated rings. The van der Waals surface area contributed by atoms with Crippen molar-refractivity contribution in [2.75, 3.05) is 0 Å². The topological polar surface area (TPSA) is 0 Å². The predicted octanol–water partition coefficient (Wildman–Crippen LogP) is 4.01. The number of benzene rings is 1. The van der Waals surface area contributed by atoms with E-state index in [9.17, 15) is 0 Å². The van der Waals surface area contributed by atoms with Crippen molar-refractivity contribution >= 4 is 27.5 Å². The zero-order valence-electron chi connectivity index (χ0n) is 7.06. The van der Waals surface area contributed by atoms with E-state index in [1.807, 2.05) is 13.0 Å². The van der Waals surface area contributed by atoms with Gasteiger partial charge in [-0.05, 0) is 31.4 Å². The molecule has 0 heterocycles. The van der Waals surface area contributed by atoms with E-state index in [2.05, 4.69) is 34.1 Å². The van der Waals surface area contributed by atoms with Gasteiger partial charge in [0.05, 0.1) is 0 Å². The monoisotopic (exact) mass is 246 g/mol. The van der Waals surface area contributed by atoms with E-state index in [1.54, 1.807) is 0 Å². The van der Waals surface area contributed by atoms with Crippen LogP contribution in [0.1, 0.15) is 18.9 Å². The van der Waals surface area contributed by atoms with E-state index < -0.39 is 0 Å². The summed E-state index contributed by atoms with van der Waals surface area (Å²) in [4.78, 5) is 0. The average Bonchev–Trinajstić information content (AvgIpc) is 2.03. The van der Waals surface area contributed by atoms with Crippen molar-refractivity contribution in [1.29, 1.82) is 0 Å². The van der Waals surface area contributed by atoms with Crippen molar-refractivity contribution in [3.63, 3.8) is 0 Å². The van der Waals surface area contributed by atoms with Gasteiger partial charge in [0.25, 0.3) is 0 Å². The lowest BCUT2D eigenvalue weighted by molar-refractivity contribution is 0.801. The molecule has 0 radical (unpaired) electrons. The van der Waals surface area contributed by atoms with E-state index in [1.165, 1.54) is 10.0 Å². The first kappa shape index (κ1) is 10.1. The molecule has 2 heteroatoms. The van der Waals surface area contributed by atoms with Gasteiger partial charge in [-0.3, -0.25) is 0 Å². The predicted molar refractivity (Wildman–Crippen MR) is 57.8 cm³/mol. The molecule has 0 nitrogen and oxygen atoms in total. The number of rotatable bonds is 3. The fraction of sp³-hybridized carbons (Fsp3) is 0.400. The standard InChI is InChI=1S/C10H12BrCl/c1-8(12)6-7-9-4-2-3-5-10(9)11/h2-5,8H,6-7H2,1H3. The van der Waals surface area contributed by atoms with Crippen molar-refractivity contribution < 1.29 is 0 Å². The minimum Gasteiger partial charge on any atom is -0.123 e. The Morgan fingerprint density at radius 2 is 2.08 bits per heavy atom. The lowest BCUT2D eigenvalue weighted by Crippen LogP contribution is -1.94. The molecule has 0 aliphatic heterocycles. The first-order valence-electron chi connectivity index (χ1n) is 4.07. The molecule has 0 N–H and O–H groups in total. The van der Waals surface area contributed by atoms with Crippen LogP contribution in [0.25, 0.3) is 0 Å². The molecule has 1 unspecified atom stereocenters. The Hall–Kier alpha value is -0.0100. The van der Waals surface area contributed by atoms with Gasteiger partial charge in [-0.2, -0.15) is 0 Å². The zero-order chi connectivity index (χ0) is 8.97. The van der Waals surface area contributed by atoms with E-state index in [0.717, 1.165) is 12.8 Å². The van der Waals surface area contributed by atoms with E-state index >= 15 is 0 Å². The maximum absolute atomic E-state index is 5.86. The van der Waals surface area contributed by atoms with E-state index in [4.69, 9.17) is 11.6 Å². The Labute approximate surface area is 87.1 Å². The van der Waals surface area contributed by atoms with Gasteiger partial charge in [0, 0.05) is 9.85 Å². The largest absolute Gasteiger partial charge is 0.123 e. The number of halogens is 2. The third-order valence-electron chi connectivity index (χ3n) is 1.77. The first-order chi connectivity index (χ1) is 5.70. The maximum atomic E-state index is 5.86. The van der Waals surface area contributed by atoms with Crippen molar-refractivity contribution in [1.82, 2.24) is 0 Å².